The van der Waals surface area contributed by atoms with Crippen molar-refractivity contribution in [2.24, 2.45) is 0 Å². The molecule has 0 fully saturated rings. The molecular weight excluding hydrogens is 566 g/mol. The smallest absolute Gasteiger partial charge is 0.338 e. The Morgan fingerprint density at radius 1 is 0.906 bits per heavy atom. The molecule has 1 aliphatic rings. The van der Waals surface area contributed by atoms with Gasteiger partial charge in [0.15, 0.2) is 12.4 Å². The molecule has 1 heterocycles. The van der Waals surface area contributed by atoms with Crippen LogP contribution in [-0.4, -0.2) is 32.7 Å². The number of carbonyl (C=O) groups excluding carboxylic acids is 3. The number of carbonyl (C=O) groups is 3. The van der Waals surface area contributed by atoms with Gasteiger partial charge in [0, 0.05) is 20.1 Å². The number of sulfone groups is 1. The first-order valence-corrected chi connectivity index (χ1v) is 12.2. The van der Waals surface area contributed by atoms with Gasteiger partial charge in [-0.2, -0.15) is 0 Å². The molecule has 0 saturated heterocycles. The Morgan fingerprint density at radius 2 is 1.62 bits per heavy atom. The van der Waals surface area contributed by atoms with Gasteiger partial charge in [-0.1, -0.05) is 28.1 Å². The molecule has 1 N–H and O–H groups in total. The number of anilines is 1. The van der Waals surface area contributed by atoms with Crippen molar-refractivity contribution >= 4 is 65.0 Å². The minimum absolute atomic E-state index is 0.0157. The van der Waals surface area contributed by atoms with E-state index in [1.165, 1.54) is 30.3 Å². The monoisotopic (exact) mass is 577 g/mol. The molecule has 0 radical (unpaired) electrons. The van der Waals surface area contributed by atoms with Crippen LogP contribution in [0.2, 0.25) is 0 Å². The Bertz CT molecular complexity index is 1400. The van der Waals surface area contributed by atoms with Crippen LogP contribution >= 0.6 is 31.9 Å². The first kappa shape index (κ1) is 22.4. The number of amides is 1. The number of ether oxygens (including phenoxy) is 1. The van der Waals surface area contributed by atoms with Crippen LogP contribution in [0.3, 0.4) is 0 Å². The first-order valence-electron chi connectivity index (χ1n) is 9.13. The SMILES string of the molecule is O=C(COC(=O)c1ccc2c(c1)S(=O)(=O)c1ccccc1C2=O)Nc1ccc(Br)cc1Br. The second-order valence-electron chi connectivity index (χ2n) is 6.79. The zero-order valence-corrected chi connectivity index (χ0v) is 20.1. The summed E-state index contributed by atoms with van der Waals surface area (Å²) in [5.41, 5.74) is 0.479. The van der Waals surface area contributed by atoms with Crippen LogP contribution in [0.25, 0.3) is 0 Å². The minimum Gasteiger partial charge on any atom is -0.452 e. The van der Waals surface area contributed by atoms with E-state index in [0.717, 1.165) is 10.5 Å². The lowest BCUT2D eigenvalue weighted by atomic mass is 10.0. The van der Waals surface area contributed by atoms with E-state index < -0.39 is 34.1 Å². The molecule has 0 aromatic heterocycles. The summed E-state index contributed by atoms with van der Waals surface area (Å²) in [6, 6.07) is 14.7. The van der Waals surface area contributed by atoms with Crippen LogP contribution in [-0.2, 0) is 19.4 Å². The van der Waals surface area contributed by atoms with E-state index in [9.17, 15) is 22.8 Å². The quantitative estimate of drug-likeness (QED) is 0.360. The fourth-order valence-corrected chi connectivity index (χ4v) is 6.03. The predicted octanol–water partition coefficient (Wildman–Crippen LogP) is 4.38. The van der Waals surface area contributed by atoms with Crippen molar-refractivity contribution in [3.8, 4) is 0 Å². The highest BCUT2D eigenvalue weighted by molar-refractivity contribution is 9.11. The normalized spacial score (nSPS) is 13.6. The predicted molar refractivity (Wildman–Crippen MR) is 123 cm³/mol. The molecule has 1 amide bonds. The van der Waals surface area contributed by atoms with Gasteiger partial charge in [0.1, 0.15) is 0 Å². The van der Waals surface area contributed by atoms with Crippen molar-refractivity contribution < 1.29 is 27.5 Å². The molecule has 0 spiro atoms. The summed E-state index contributed by atoms with van der Waals surface area (Å²) in [7, 11) is -3.99. The molecule has 3 aromatic carbocycles. The van der Waals surface area contributed by atoms with Crippen LogP contribution < -0.4 is 5.32 Å². The van der Waals surface area contributed by atoms with Gasteiger partial charge in [-0.25, -0.2) is 13.2 Å². The molecule has 0 saturated carbocycles. The van der Waals surface area contributed by atoms with Gasteiger partial charge >= 0.3 is 5.97 Å². The van der Waals surface area contributed by atoms with Crippen molar-refractivity contribution in [2.75, 3.05) is 11.9 Å². The van der Waals surface area contributed by atoms with E-state index >= 15 is 0 Å². The molecule has 0 unspecified atom stereocenters. The lowest BCUT2D eigenvalue weighted by Gasteiger charge is -2.19. The zero-order valence-electron chi connectivity index (χ0n) is 16.1. The standard InChI is InChI=1S/C22H13Br2NO6S/c23-13-6-8-17(16(24)10-13)25-20(26)11-31-22(28)12-5-7-15-19(9-12)32(29,30)18-4-2-1-3-14(18)21(15)27/h1-10H,11H2,(H,25,26). The Kier molecular flexibility index (Phi) is 6.02. The van der Waals surface area contributed by atoms with Crippen molar-refractivity contribution in [2.45, 2.75) is 9.79 Å². The van der Waals surface area contributed by atoms with Gasteiger partial charge in [-0.3, -0.25) is 9.59 Å². The fourth-order valence-electron chi connectivity index (χ4n) is 3.20. The summed E-state index contributed by atoms with van der Waals surface area (Å²) >= 11 is 6.63. The number of hydrogen-bond acceptors (Lipinski definition) is 6. The summed E-state index contributed by atoms with van der Waals surface area (Å²) in [5, 5.41) is 2.60. The molecule has 3 aromatic rings. The lowest BCUT2D eigenvalue weighted by Crippen LogP contribution is -2.23. The maximum atomic E-state index is 13.0. The van der Waals surface area contributed by atoms with Crippen LogP contribution in [0, 0.1) is 0 Å². The highest BCUT2D eigenvalue weighted by Gasteiger charge is 2.35. The number of nitrogens with one attached hydrogen (secondary N) is 1. The lowest BCUT2D eigenvalue weighted by molar-refractivity contribution is -0.119. The average molecular weight is 579 g/mol. The largest absolute Gasteiger partial charge is 0.452 e. The Hall–Kier alpha value is -2.82. The molecule has 32 heavy (non-hydrogen) atoms. The maximum Gasteiger partial charge on any atom is 0.338 e. The number of ketones is 1. The summed E-state index contributed by atoms with van der Waals surface area (Å²) in [4.78, 5) is 36.9. The van der Waals surface area contributed by atoms with Gasteiger partial charge in [-0.15, -0.1) is 0 Å². The van der Waals surface area contributed by atoms with Crippen molar-refractivity contribution in [3.63, 3.8) is 0 Å². The van der Waals surface area contributed by atoms with E-state index in [1.807, 2.05) is 0 Å². The summed E-state index contributed by atoms with van der Waals surface area (Å²) in [6.07, 6.45) is 0. The summed E-state index contributed by atoms with van der Waals surface area (Å²) in [6.45, 7) is -0.576. The van der Waals surface area contributed by atoms with Crippen LogP contribution in [0.4, 0.5) is 5.69 Å². The van der Waals surface area contributed by atoms with Crippen LogP contribution in [0.5, 0.6) is 0 Å². The third-order valence-electron chi connectivity index (χ3n) is 4.71. The van der Waals surface area contributed by atoms with Gasteiger partial charge in [0.2, 0.25) is 9.84 Å². The fraction of sp³-hybridized carbons (Fsp3) is 0.0455. The minimum atomic E-state index is -3.99. The highest BCUT2D eigenvalue weighted by atomic mass is 79.9. The number of fused-ring (bicyclic) bond motifs is 2. The van der Waals surface area contributed by atoms with Crippen molar-refractivity contribution in [1.82, 2.24) is 0 Å². The van der Waals surface area contributed by atoms with E-state index in [-0.39, 0.29) is 26.5 Å². The van der Waals surface area contributed by atoms with Gasteiger partial charge in [-0.05, 0) is 64.5 Å². The highest BCUT2D eigenvalue weighted by Crippen LogP contribution is 2.35. The molecule has 0 bridgehead atoms. The second kappa shape index (κ2) is 8.61. The van der Waals surface area contributed by atoms with Crippen LogP contribution in [0.15, 0.2) is 79.4 Å². The van der Waals surface area contributed by atoms with Gasteiger partial charge in [0.25, 0.3) is 5.91 Å². The van der Waals surface area contributed by atoms with Gasteiger partial charge < -0.3 is 10.1 Å². The number of esters is 1. The Labute approximate surface area is 200 Å². The number of rotatable bonds is 4. The number of halogens is 2. The van der Waals surface area contributed by atoms with E-state index in [2.05, 4.69) is 37.2 Å². The molecule has 10 heteroatoms. The third kappa shape index (κ3) is 4.13. The first-order chi connectivity index (χ1) is 15.2. The molecule has 4 rings (SSSR count). The zero-order chi connectivity index (χ0) is 23.0. The molecule has 0 atom stereocenters. The van der Waals surface area contributed by atoms with Gasteiger partial charge in [0.05, 0.1) is 21.0 Å². The average Bonchev–Trinajstić information content (AvgIpc) is 2.77. The number of hydrogen-bond donors (Lipinski definition) is 1. The molecule has 7 nitrogen and oxygen atoms in total. The number of benzene rings is 3. The van der Waals surface area contributed by atoms with Crippen LogP contribution in [0.1, 0.15) is 26.3 Å². The van der Waals surface area contributed by atoms with E-state index in [4.69, 9.17) is 4.74 Å². The van der Waals surface area contributed by atoms with Crippen molar-refractivity contribution in [3.05, 3.63) is 86.3 Å². The Balaban J connectivity index is 1.52. The third-order valence-corrected chi connectivity index (χ3v) is 7.71. The summed E-state index contributed by atoms with van der Waals surface area (Å²) < 4.78 is 32.4. The Morgan fingerprint density at radius 3 is 2.38 bits per heavy atom. The molecule has 0 aliphatic carbocycles. The molecule has 1 aliphatic heterocycles. The summed E-state index contributed by atoms with van der Waals surface area (Å²) in [5.74, 6) is -1.90. The second-order valence-corrected chi connectivity index (χ2v) is 10.4. The van der Waals surface area contributed by atoms with E-state index in [1.54, 1.807) is 24.3 Å². The van der Waals surface area contributed by atoms with Crippen molar-refractivity contribution in [1.29, 1.82) is 0 Å². The van der Waals surface area contributed by atoms with E-state index in [0.29, 0.717) is 10.2 Å². The molecular formula is C22H13Br2NO6S. The topological polar surface area (TPSA) is 107 Å². The molecule has 162 valence electrons. The maximum absolute atomic E-state index is 13.0.